The van der Waals surface area contributed by atoms with Crippen LogP contribution in [-0.2, 0) is 33.5 Å². The van der Waals surface area contributed by atoms with Gasteiger partial charge < -0.3 is 33.8 Å². The molecule has 0 aliphatic carbocycles. The fourth-order valence-electron chi connectivity index (χ4n) is 6.81. The molecule has 0 radical (unpaired) electrons. The molecule has 6 heterocycles. The minimum Gasteiger partial charge on any atom is -0.378 e. The molecule has 4 aromatic rings. The van der Waals surface area contributed by atoms with Crippen LogP contribution in [0.2, 0.25) is 5.02 Å². The maximum absolute atomic E-state index is 13.4. The lowest BCUT2D eigenvalue weighted by atomic mass is 10.1. The van der Waals surface area contributed by atoms with Gasteiger partial charge in [-0.15, -0.1) is 0 Å². The Labute approximate surface area is 321 Å². The lowest BCUT2D eigenvalue weighted by Crippen LogP contribution is -2.40. The zero-order chi connectivity index (χ0) is 37.1. The molecule has 4 aliphatic rings. The predicted molar refractivity (Wildman–Crippen MR) is 208 cm³/mol. The first-order valence-electron chi connectivity index (χ1n) is 19.3. The summed E-state index contributed by atoms with van der Waals surface area (Å²) in [5.41, 5.74) is 3.46. The molecule has 13 nitrogen and oxygen atoms in total. The molecule has 8 rings (SSSR count). The smallest absolute Gasteiger partial charge is 0.230 e. The number of benzene rings is 2. The molecule has 4 fully saturated rings. The number of hydrogen-bond acceptors (Lipinski definition) is 13. The Bertz CT molecular complexity index is 1730. The van der Waals surface area contributed by atoms with Crippen molar-refractivity contribution in [2.75, 3.05) is 112 Å². The van der Waals surface area contributed by atoms with Crippen LogP contribution in [0.4, 0.5) is 28.2 Å². The highest BCUT2D eigenvalue weighted by Crippen LogP contribution is 2.23. The molecule has 288 valence electrons. The fraction of sp³-hybridized carbons (Fsp3) is 0.538. The summed E-state index contributed by atoms with van der Waals surface area (Å²) in [6.07, 6.45) is 5.99. The number of hydrogen-bond donors (Lipinski definition) is 0. The fourth-order valence-corrected chi connectivity index (χ4v) is 7.01. The number of ether oxygens (including phenoxy) is 3. The van der Waals surface area contributed by atoms with Gasteiger partial charge >= 0.3 is 0 Å². The van der Waals surface area contributed by atoms with Crippen LogP contribution in [0.25, 0.3) is 0 Å². The number of rotatable bonds is 9. The van der Waals surface area contributed by atoms with Gasteiger partial charge in [0, 0.05) is 65.2 Å². The number of aromatic nitrogens is 6. The second kappa shape index (κ2) is 18.9. The number of morpholine rings is 3. The van der Waals surface area contributed by atoms with Gasteiger partial charge in [0.1, 0.15) is 17.5 Å². The maximum atomic E-state index is 13.4. The molecular formula is C39H50ClFN10O3. The van der Waals surface area contributed by atoms with Crippen LogP contribution in [0.3, 0.4) is 0 Å². The van der Waals surface area contributed by atoms with E-state index in [2.05, 4.69) is 65.7 Å². The molecule has 0 amide bonds. The minimum absolute atomic E-state index is 0.100. The Morgan fingerprint density at radius 3 is 1.33 bits per heavy atom. The molecule has 0 unspecified atom stereocenters. The largest absolute Gasteiger partial charge is 0.378 e. The van der Waals surface area contributed by atoms with E-state index < -0.39 is 5.82 Å². The molecule has 4 aliphatic heterocycles. The molecule has 2 aromatic carbocycles. The zero-order valence-corrected chi connectivity index (χ0v) is 31.9. The van der Waals surface area contributed by atoms with Crippen molar-refractivity contribution >= 4 is 35.4 Å². The monoisotopic (exact) mass is 760 g/mol. The quantitative estimate of drug-likeness (QED) is 0.233. The Kier molecular flexibility index (Phi) is 13.3. The second-order valence-electron chi connectivity index (χ2n) is 13.8. The molecule has 15 heteroatoms. The number of halogens is 2. The summed E-state index contributed by atoms with van der Waals surface area (Å²) < 4.78 is 29.8. The standard InChI is InChI=1S/C21H29N5O.C18H21ClFN5O2/c1-2-17-6-8-18(9-7-17)16-19-22-20(25-10-4-3-5-11-25)24-21(23-19)26-12-14-27-15-13-26;19-14-11-13(1-2-15(14)20)12-16-21-17(24-3-7-26-8-4-24)23-18(22-16)25-5-9-27-10-6-25/h6-9H,2-5,10-16H2,1H3;1-2,11H,3-10,12H2. The highest BCUT2D eigenvalue weighted by atomic mass is 35.5. The van der Waals surface area contributed by atoms with Gasteiger partial charge in [0.25, 0.3) is 0 Å². The molecule has 0 N–H and O–H groups in total. The van der Waals surface area contributed by atoms with Crippen LogP contribution >= 0.6 is 11.6 Å². The van der Waals surface area contributed by atoms with E-state index in [1.54, 1.807) is 12.1 Å². The summed E-state index contributed by atoms with van der Waals surface area (Å²) >= 11 is 5.91. The second-order valence-corrected chi connectivity index (χ2v) is 14.2. The average molecular weight is 761 g/mol. The van der Waals surface area contributed by atoms with Crippen LogP contribution in [0.5, 0.6) is 0 Å². The van der Waals surface area contributed by atoms with Crippen LogP contribution in [0.15, 0.2) is 42.5 Å². The summed E-state index contributed by atoms with van der Waals surface area (Å²) in [7, 11) is 0. The van der Waals surface area contributed by atoms with Crippen molar-refractivity contribution in [3.05, 3.63) is 81.6 Å². The number of aryl methyl sites for hydroxylation is 1. The van der Waals surface area contributed by atoms with E-state index in [0.717, 1.165) is 102 Å². The molecular weight excluding hydrogens is 711 g/mol. The van der Waals surface area contributed by atoms with Gasteiger partial charge in [0.05, 0.1) is 44.7 Å². The van der Waals surface area contributed by atoms with Crippen molar-refractivity contribution in [3.8, 4) is 0 Å². The van der Waals surface area contributed by atoms with E-state index in [4.69, 9.17) is 40.8 Å². The third-order valence-corrected chi connectivity index (χ3v) is 10.3. The predicted octanol–water partition coefficient (Wildman–Crippen LogP) is 4.78. The van der Waals surface area contributed by atoms with Crippen LogP contribution < -0.4 is 19.6 Å². The molecule has 0 atom stereocenters. The van der Waals surface area contributed by atoms with Crippen LogP contribution in [0, 0.1) is 5.82 Å². The number of piperidine rings is 1. The molecule has 4 saturated heterocycles. The molecule has 0 bridgehead atoms. The van der Waals surface area contributed by atoms with Gasteiger partial charge in [-0.1, -0.05) is 48.9 Å². The van der Waals surface area contributed by atoms with E-state index >= 15 is 0 Å². The first-order valence-corrected chi connectivity index (χ1v) is 19.6. The summed E-state index contributed by atoms with van der Waals surface area (Å²) in [5.74, 6) is 4.00. The van der Waals surface area contributed by atoms with Crippen molar-refractivity contribution in [3.63, 3.8) is 0 Å². The van der Waals surface area contributed by atoms with E-state index in [1.807, 2.05) is 0 Å². The SMILES string of the molecule is CCc1ccc(Cc2nc(N3CCCCC3)nc(N3CCOCC3)n2)cc1.Fc1ccc(Cc2nc(N3CCOCC3)nc(N3CCOCC3)n2)cc1Cl. The average Bonchev–Trinajstić information content (AvgIpc) is 3.24. The minimum atomic E-state index is -0.431. The number of anilines is 4. The van der Waals surface area contributed by atoms with E-state index in [1.165, 1.54) is 36.5 Å². The summed E-state index contributed by atoms with van der Waals surface area (Å²) in [4.78, 5) is 37.2. The van der Waals surface area contributed by atoms with Crippen LogP contribution in [-0.4, -0.2) is 122 Å². The van der Waals surface area contributed by atoms with E-state index in [0.29, 0.717) is 50.6 Å². The lowest BCUT2D eigenvalue weighted by Gasteiger charge is -2.30. The lowest BCUT2D eigenvalue weighted by molar-refractivity contribution is 0.121. The third kappa shape index (κ3) is 10.3. The van der Waals surface area contributed by atoms with Crippen molar-refractivity contribution < 1.29 is 18.6 Å². The Morgan fingerprint density at radius 2 is 0.907 bits per heavy atom. The van der Waals surface area contributed by atoms with Gasteiger partial charge in [-0.25, -0.2) is 4.39 Å². The van der Waals surface area contributed by atoms with E-state index in [9.17, 15) is 4.39 Å². The topological polar surface area (TPSA) is 118 Å². The first-order chi connectivity index (χ1) is 26.5. The third-order valence-electron chi connectivity index (χ3n) is 9.98. The summed E-state index contributed by atoms with van der Waals surface area (Å²) in [5, 5.41) is 0.100. The molecule has 54 heavy (non-hydrogen) atoms. The van der Waals surface area contributed by atoms with Crippen LogP contribution in [0.1, 0.15) is 54.5 Å². The van der Waals surface area contributed by atoms with Gasteiger partial charge in [0.15, 0.2) is 0 Å². The van der Waals surface area contributed by atoms with Gasteiger partial charge in [0.2, 0.25) is 23.8 Å². The zero-order valence-electron chi connectivity index (χ0n) is 31.1. The molecule has 0 spiro atoms. The van der Waals surface area contributed by atoms with Gasteiger partial charge in [-0.2, -0.15) is 29.9 Å². The maximum Gasteiger partial charge on any atom is 0.230 e. The van der Waals surface area contributed by atoms with Crippen molar-refractivity contribution in [2.45, 2.75) is 45.4 Å². The Balaban J connectivity index is 0.000000167. The van der Waals surface area contributed by atoms with Crippen molar-refractivity contribution in [2.24, 2.45) is 0 Å². The Morgan fingerprint density at radius 1 is 0.519 bits per heavy atom. The first kappa shape index (κ1) is 38.1. The molecule has 0 saturated carbocycles. The highest BCUT2D eigenvalue weighted by molar-refractivity contribution is 6.30. The molecule has 2 aromatic heterocycles. The highest BCUT2D eigenvalue weighted by Gasteiger charge is 2.22. The number of nitrogens with zero attached hydrogens (tertiary/aromatic N) is 10. The Hall–Kier alpha value is -4.24. The summed E-state index contributed by atoms with van der Waals surface area (Å²) in [6, 6.07) is 13.5. The summed E-state index contributed by atoms with van der Waals surface area (Å²) in [6.45, 7) is 13.0. The van der Waals surface area contributed by atoms with Gasteiger partial charge in [-0.05, 0) is 54.5 Å². The van der Waals surface area contributed by atoms with E-state index in [-0.39, 0.29) is 5.02 Å². The van der Waals surface area contributed by atoms with Gasteiger partial charge in [-0.3, -0.25) is 0 Å². The van der Waals surface area contributed by atoms with Crippen molar-refractivity contribution in [1.29, 1.82) is 0 Å². The normalized spacial score (nSPS) is 18.0. The van der Waals surface area contributed by atoms with Crippen molar-refractivity contribution in [1.82, 2.24) is 29.9 Å².